The van der Waals surface area contributed by atoms with E-state index < -0.39 is 17.4 Å². The van der Waals surface area contributed by atoms with Gasteiger partial charge in [-0.3, -0.25) is 9.59 Å². The number of nitrogens with one attached hydrogen (secondary N) is 2. The Labute approximate surface area is 94.3 Å². The minimum atomic E-state index is -1.16. The third-order valence-corrected chi connectivity index (χ3v) is 2.20. The van der Waals surface area contributed by atoms with E-state index in [2.05, 4.69) is 10.6 Å². The summed E-state index contributed by atoms with van der Waals surface area (Å²) < 4.78 is 4.77. The largest absolute Gasteiger partial charge is 0.386 e. The second-order valence-electron chi connectivity index (χ2n) is 4.36. The summed E-state index contributed by atoms with van der Waals surface area (Å²) in [5, 5.41) is 14.6. The molecule has 0 bridgehead atoms. The third kappa shape index (κ3) is 4.59. The van der Waals surface area contributed by atoms with E-state index >= 15 is 0 Å². The van der Waals surface area contributed by atoms with E-state index in [0.29, 0.717) is 0 Å². The molecule has 0 aromatic heterocycles. The lowest BCUT2D eigenvalue weighted by molar-refractivity contribution is -0.140. The van der Waals surface area contributed by atoms with Crippen molar-refractivity contribution in [2.75, 3.05) is 20.3 Å². The second-order valence-corrected chi connectivity index (χ2v) is 4.36. The highest BCUT2D eigenvalue weighted by molar-refractivity contribution is 6.35. The highest BCUT2D eigenvalue weighted by atomic mass is 16.5. The van der Waals surface area contributed by atoms with Crippen LogP contribution in [0.5, 0.6) is 0 Å². The molecule has 0 heterocycles. The molecule has 0 spiro atoms. The SMILES string of the molecule is COCC(C)(O)CNC(=O)C(=O)NC1CC1. The van der Waals surface area contributed by atoms with Crippen LogP contribution < -0.4 is 10.6 Å². The molecule has 1 saturated carbocycles. The van der Waals surface area contributed by atoms with Crippen LogP contribution in [-0.2, 0) is 14.3 Å². The molecule has 6 heteroatoms. The van der Waals surface area contributed by atoms with Crippen molar-refractivity contribution < 1.29 is 19.4 Å². The average Bonchev–Trinajstić information content (AvgIpc) is 2.98. The van der Waals surface area contributed by atoms with E-state index in [9.17, 15) is 14.7 Å². The fraction of sp³-hybridized carbons (Fsp3) is 0.800. The van der Waals surface area contributed by atoms with Crippen molar-refractivity contribution in [2.45, 2.75) is 31.4 Å². The third-order valence-electron chi connectivity index (χ3n) is 2.20. The normalized spacial score (nSPS) is 18.7. The summed E-state index contributed by atoms with van der Waals surface area (Å²) in [6, 6.07) is 0.151. The maximum Gasteiger partial charge on any atom is 0.309 e. The Hall–Kier alpha value is -1.14. The van der Waals surface area contributed by atoms with Gasteiger partial charge in [-0.1, -0.05) is 0 Å². The van der Waals surface area contributed by atoms with E-state index in [1.165, 1.54) is 14.0 Å². The molecule has 1 aliphatic rings. The van der Waals surface area contributed by atoms with E-state index in [1.807, 2.05) is 0 Å². The monoisotopic (exact) mass is 230 g/mol. The maximum absolute atomic E-state index is 11.3. The van der Waals surface area contributed by atoms with Crippen LogP contribution in [0, 0.1) is 0 Å². The Morgan fingerprint density at radius 3 is 2.56 bits per heavy atom. The zero-order valence-corrected chi connectivity index (χ0v) is 9.58. The number of hydrogen-bond donors (Lipinski definition) is 3. The first-order valence-corrected chi connectivity index (χ1v) is 5.24. The average molecular weight is 230 g/mol. The fourth-order valence-electron chi connectivity index (χ4n) is 1.19. The Morgan fingerprint density at radius 1 is 1.44 bits per heavy atom. The van der Waals surface area contributed by atoms with Crippen molar-refractivity contribution in [3.63, 3.8) is 0 Å². The standard InChI is InChI=1S/C10H18N2O4/c1-10(15,6-16-2)5-11-8(13)9(14)12-7-3-4-7/h7,15H,3-6H2,1-2H3,(H,11,13)(H,12,14). The predicted molar refractivity (Wildman–Crippen MR) is 56.7 cm³/mol. The topological polar surface area (TPSA) is 87.7 Å². The van der Waals surface area contributed by atoms with Crippen LogP contribution in [0.25, 0.3) is 0 Å². The van der Waals surface area contributed by atoms with Crippen LogP contribution in [-0.4, -0.2) is 48.8 Å². The molecule has 0 aliphatic heterocycles. The van der Waals surface area contributed by atoms with E-state index in [0.717, 1.165) is 12.8 Å². The van der Waals surface area contributed by atoms with Gasteiger partial charge in [0, 0.05) is 19.7 Å². The maximum atomic E-state index is 11.3. The Balaban J connectivity index is 2.24. The summed E-state index contributed by atoms with van der Waals surface area (Å²) in [4.78, 5) is 22.5. The Kier molecular flexibility index (Phi) is 4.26. The van der Waals surface area contributed by atoms with Gasteiger partial charge in [0.25, 0.3) is 0 Å². The van der Waals surface area contributed by atoms with Gasteiger partial charge in [-0.15, -0.1) is 0 Å². The van der Waals surface area contributed by atoms with E-state index in [-0.39, 0.29) is 19.2 Å². The molecule has 1 aliphatic carbocycles. The van der Waals surface area contributed by atoms with Crippen LogP contribution in [0.15, 0.2) is 0 Å². The number of carbonyl (C=O) groups excluding carboxylic acids is 2. The molecule has 0 aromatic rings. The summed E-state index contributed by atoms with van der Waals surface area (Å²) in [5.41, 5.74) is -1.16. The van der Waals surface area contributed by atoms with E-state index in [1.54, 1.807) is 0 Å². The summed E-state index contributed by atoms with van der Waals surface area (Å²) in [6.07, 6.45) is 1.86. The van der Waals surface area contributed by atoms with Crippen LogP contribution >= 0.6 is 0 Å². The number of rotatable bonds is 5. The predicted octanol–water partition coefficient (Wildman–Crippen LogP) is -1.22. The van der Waals surface area contributed by atoms with Gasteiger partial charge in [0.05, 0.1) is 6.61 Å². The first-order chi connectivity index (χ1) is 7.44. The molecule has 0 radical (unpaired) electrons. The fourth-order valence-corrected chi connectivity index (χ4v) is 1.19. The van der Waals surface area contributed by atoms with Gasteiger partial charge >= 0.3 is 11.8 Å². The quantitative estimate of drug-likeness (QED) is 0.516. The van der Waals surface area contributed by atoms with Crippen molar-refractivity contribution in [2.24, 2.45) is 0 Å². The molecule has 0 saturated heterocycles. The number of carbonyl (C=O) groups is 2. The van der Waals surface area contributed by atoms with Crippen LogP contribution in [0.2, 0.25) is 0 Å². The first kappa shape index (κ1) is 12.9. The summed E-state index contributed by atoms with van der Waals surface area (Å²) in [5.74, 6) is -1.36. The zero-order chi connectivity index (χ0) is 12.2. The smallest absolute Gasteiger partial charge is 0.309 e. The van der Waals surface area contributed by atoms with Crippen molar-refractivity contribution in [3.05, 3.63) is 0 Å². The summed E-state index contributed by atoms with van der Waals surface area (Å²) in [6.45, 7) is 1.60. The van der Waals surface area contributed by atoms with Gasteiger partial charge in [-0.25, -0.2) is 0 Å². The molecule has 1 fully saturated rings. The van der Waals surface area contributed by atoms with Gasteiger partial charge in [0.15, 0.2) is 0 Å². The highest BCUT2D eigenvalue weighted by Crippen LogP contribution is 2.18. The minimum absolute atomic E-state index is 0.0161. The number of ether oxygens (including phenoxy) is 1. The number of methoxy groups -OCH3 is 1. The van der Waals surface area contributed by atoms with Gasteiger partial charge in [-0.05, 0) is 19.8 Å². The van der Waals surface area contributed by atoms with Crippen molar-refractivity contribution in [3.8, 4) is 0 Å². The van der Waals surface area contributed by atoms with Crippen molar-refractivity contribution >= 4 is 11.8 Å². The lowest BCUT2D eigenvalue weighted by Gasteiger charge is -2.22. The number of aliphatic hydroxyl groups is 1. The van der Waals surface area contributed by atoms with Gasteiger partial charge in [-0.2, -0.15) is 0 Å². The molecule has 92 valence electrons. The molecule has 3 N–H and O–H groups in total. The minimum Gasteiger partial charge on any atom is -0.386 e. The Morgan fingerprint density at radius 2 is 2.06 bits per heavy atom. The van der Waals surface area contributed by atoms with Crippen LogP contribution in [0.4, 0.5) is 0 Å². The van der Waals surface area contributed by atoms with Crippen LogP contribution in [0.1, 0.15) is 19.8 Å². The van der Waals surface area contributed by atoms with Gasteiger partial charge < -0.3 is 20.5 Å². The van der Waals surface area contributed by atoms with E-state index in [4.69, 9.17) is 4.74 Å². The number of amides is 2. The molecule has 2 amide bonds. The Bertz CT molecular complexity index is 274. The second kappa shape index (κ2) is 5.27. The van der Waals surface area contributed by atoms with Crippen molar-refractivity contribution in [1.29, 1.82) is 0 Å². The van der Waals surface area contributed by atoms with Gasteiger partial charge in [0.1, 0.15) is 5.60 Å². The molecule has 6 nitrogen and oxygen atoms in total. The molecule has 1 atom stereocenters. The van der Waals surface area contributed by atoms with Gasteiger partial charge in [0.2, 0.25) is 0 Å². The summed E-state index contributed by atoms with van der Waals surface area (Å²) >= 11 is 0. The number of hydrogen-bond acceptors (Lipinski definition) is 4. The van der Waals surface area contributed by atoms with Crippen molar-refractivity contribution in [1.82, 2.24) is 10.6 Å². The van der Waals surface area contributed by atoms with Crippen LogP contribution in [0.3, 0.4) is 0 Å². The summed E-state index contributed by atoms with van der Waals surface area (Å²) in [7, 11) is 1.45. The zero-order valence-electron chi connectivity index (χ0n) is 9.58. The molecular formula is C10H18N2O4. The molecule has 1 rings (SSSR count). The lowest BCUT2D eigenvalue weighted by atomic mass is 10.1. The molecular weight excluding hydrogens is 212 g/mol. The highest BCUT2D eigenvalue weighted by Gasteiger charge is 2.28. The molecule has 16 heavy (non-hydrogen) atoms. The molecule has 1 unspecified atom stereocenters. The lowest BCUT2D eigenvalue weighted by Crippen LogP contribution is -2.48. The molecule has 0 aromatic carbocycles. The first-order valence-electron chi connectivity index (χ1n) is 5.24.